The molecule has 13 nitrogen and oxygen atoms in total. The number of hydrogen-bond donors (Lipinski definition) is 4. The lowest BCUT2D eigenvalue weighted by Gasteiger charge is -2.31. The molecule has 0 saturated carbocycles. The third kappa shape index (κ3) is 7.65. The average molecular weight is 622 g/mol. The molecule has 4 aliphatic heterocycles. The van der Waals surface area contributed by atoms with Gasteiger partial charge in [0.15, 0.2) is 18.1 Å². The number of nitrogens with one attached hydrogen (secondary N) is 4. The zero-order valence-corrected chi connectivity index (χ0v) is 25.6. The van der Waals surface area contributed by atoms with Gasteiger partial charge in [0.25, 0.3) is 5.91 Å². The van der Waals surface area contributed by atoms with Crippen molar-refractivity contribution in [3.63, 3.8) is 0 Å². The fourth-order valence-electron chi connectivity index (χ4n) is 5.56. The van der Waals surface area contributed by atoms with Gasteiger partial charge in [0.2, 0.25) is 30.4 Å². The maximum atomic E-state index is 13.5. The molecule has 4 aliphatic rings. The third-order valence-electron chi connectivity index (χ3n) is 8.11. The van der Waals surface area contributed by atoms with Crippen LogP contribution in [0.3, 0.4) is 0 Å². The van der Waals surface area contributed by atoms with Crippen LogP contribution < -0.4 is 35.5 Å². The Morgan fingerprint density at radius 3 is 2.47 bits per heavy atom. The molecule has 0 spiro atoms. The molecule has 13 heteroatoms. The second-order valence-electron chi connectivity index (χ2n) is 11.8. The summed E-state index contributed by atoms with van der Waals surface area (Å²) in [6.07, 6.45) is 1.18. The first-order valence-corrected chi connectivity index (χ1v) is 15.2. The number of nitrogens with zero attached hydrogens (tertiary/aromatic N) is 1. The summed E-state index contributed by atoms with van der Waals surface area (Å²) in [5.41, 5.74) is 1.52. The molecule has 4 heterocycles. The Labute approximate surface area is 261 Å². The number of amides is 5. The first-order chi connectivity index (χ1) is 21.6. The van der Waals surface area contributed by atoms with E-state index in [1.807, 2.05) is 19.9 Å². The summed E-state index contributed by atoms with van der Waals surface area (Å²) in [7, 11) is 0. The zero-order valence-electron chi connectivity index (χ0n) is 25.6. The Kier molecular flexibility index (Phi) is 9.74. The second-order valence-corrected chi connectivity index (χ2v) is 11.8. The quantitative estimate of drug-likeness (QED) is 0.389. The molecule has 6 rings (SSSR count). The Bertz CT molecular complexity index is 1450. The lowest BCUT2D eigenvalue weighted by molar-refractivity contribution is -0.143. The topological polar surface area (TPSA) is 164 Å². The monoisotopic (exact) mass is 621 g/mol. The van der Waals surface area contributed by atoms with E-state index in [0.717, 1.165) is 11.1 Å². The molecule has 0 aromatic heterocycles. The van der Waals surface area contributed by atoms with Crippen LogP contribution in [0, 0.1) is 5.92 Å². The minimum Gasteiger partial charge on any atom is -0.484 e. The number of hydrogen-bond acceptors (Lipinski definition) is 8. The molecule has 0 aliphatic carbocycles. The summed E-state index contributed by atoms with van der Waals surface area (Å²) in [5, 5.41) is 11.1. The summed E-state index contributed by atoms with van der Waals surface area (Å²) in [5.74, 6) is -0.868. The van der Waals surface area contributed by atoms with Gasteiger partial charge in [-0.2, -0.15) is 0 Å². The van der Waals surface area contributed by atoms with Crippen LogP contribution in [-0.4, -0.2) is 78.5 Å². The van der Waals surface area contributed by atoms with Gasteiger partial charge < -0.3 is 40.4 Å². The predicted octanol–water partition coefficient (Wildman–Crippen LogP) is 0.788. The van der Waals surface area contributed by atoms with Crippen molar-refractivity contribution < 1.29 is 38.2 Å². The lowest BCUT2D eigenvalue weighted by Crippen LogP contribution is -2.58. The van der Waals surface area contributed by atoms with E-state index in [1.165, 1.54) is 11.8 Å². The van der Waals surface area contributed by atoms with Crippen molar-refractivity contribution in [2.45, 2.75) is 70.7 Å². The summed E-state index contributed by atoms with van der Waals surface area (Å²) in [6.45, 7) is 5.53. The minimum absolute atomic E-state index is 0.137. The van der Waals surface area contributed by atoms with E-state index < -0.39 is 47.8 Å². The Balaban J connectivity index is 1.35. The minimum atomic E-state index is -0.988. The lowest BCUT2D eigenvalue weighted by atomic mass is 10.0. The van der Waals surface area contributed by atoms with Crippen LogP contribution >= 0.6 is 0 Å². The molecule has 2 aromatic rings. The van der Waals surface area contributed by atoms with Crippen LogP contribution in [0.25, 0.3) is 0 Å². The van der Waals surface area contributed by atoms with E-state index in [4.69, 9.17) is 14.2 Å². The number of ether oxygens (including phenoxy) is 3. The molecule has 2 aromatic carbocycles. The van der Waals surface area contributed by atoms with Crippen molar-refractivity contribution in [3.05, 3.63) is 53.6 Å². The maximum Gasteiger partial charge on any atom is 0.258 e. The second kappa shape index (κ2) is 13.9. The molecule has 0 unspecified atom stereocenters. The van der Waals surface area contributed by atoms with Gasteiger partial charge in [0.1, 0.15) is 29.9 Å². The first kappa shape index (κ1) is 31.6. The number of rotatable bonds is 4. The summed E-state index contributed by atoms with van der Waals surface area (Å²) >= 11 is 0. The van der Waals surface area contributed by atoms with Gasteiger partial charge in [-0.25, -0.2) is 0 Å². The molecule has 1 saturated heterocycles. The molecular formula is C32H39N5O8. The van der Waals surface area contributed by atoms with Crippen LogP contribution in [0.5, 0.6) is 17.2 Å². The molecule has 0 radical (unpaired) electrons. The van der Waals surface area contributed by atoms with Crippen molar-refractivity contribution in [2.24, 2.45) is 5.92 Å². The standard InChI is InChI=1S/C32H39N5O8/c1-18(2)28-32(42)37-12-4-5-24(37)31(41)34-19(3)29(39)35-23(13-20-6-9-22(10-7-20)43-16-27(38)36-28)30(40)33-15-21-8-11-25-26(14-21)45-17-44-25/h6-11,14,18-19,23-24,28H,4-5,12-13,15-17H2,1-3H3,(H,33,40)(H,34,41)(H,35,39)(H,36,38)/t19-,23-,24+,28-/m0/s1. The van der Waals surface area contributed by atoms with Crippen LogP contribution in [-0.2, 0) is 36.9 Å². The highest BCUT2D eigenvalue weighted by molar-refractivity contribution is 5.96. The van der Waals surface area contributed by atoms with Crippen LogP contribution in [0.2, 0.25) is 0 Å². The van der Waals surface area contributed by atoms with Crippen LogP contribution in [0.4, 0.5) is 0 Å². The van der Waals surface area contributed by atoms with Crippen molar-refractivity contribution in [3.8, 4) is 17.2 Å². The maximum absolute atomic E-state index is 13.5. The van der Waals surface area contributed by atoms with Gasteiger partial charge >= 0.3 is 0 Å². The van der Waals surface area contributed by atoms with E-state index in [2.05, 4.69) is 21.3 Å². The smallest absolute Gasteiger partial charge is 0.258 e. The molecule has 2 bridgehead atoms. The average Bonchev–Trinajstić information content (AvgIpc) is 3.71. The molecule has 240 valence electrons. The number of fused-ring (bicyclic) bond motifs is 14. The number of carbonyl (C=O) groups excluding carboxylic acids is 5. The Morgan fingerprint density at radius 1 is 0.956 bits per heavy atom. The van der Waals surface area contributed by atoms with Crippen molar-refractivity contribution in [1.29, 1.82) is 0 Å². The highest BCUT2D eigenvalue weighted by Gasteiger charge is 2.39. The fraction of sp³-hybridized carbons (Fsp3) is 0.469. The van der Waals surface area contributed by atoms with E-state index in [0.29, 0.717) is 36.6 Å². The van der Waals surface area contributed by atoms with Crippen molar-refractivity contribution in [2.75, 3.05) is 19.9 Å². The van der Waals surface area contributed by atoms with E-state index in [-0.39, 0.29) is 38.2 Å². The summed E-state index contributed by atoms with van der Waals surface area (Å²) in [4.78, 5) is 67.8. The number of benzene rings is 2. The van der Waals surface area contributed by atoms with E-state index in [1.54, 1.807) is 36.4 Å². The van der Waals surface area contributed by atoms with E-state index >= 15 is 0 Å². The molecule has 5 amide bonds. The molecule has 45 heavy (non-hydrogen) atoms. The van der Waals surface area contributed by atoms with Gasteiger partial charge in [0.05, 0.1) is 0 Å². The summed E-state index contributed by atoms with van der Waals surface area (Å²) < 4.78 is 16.4. The normalized spacial score (nSPS) is 24.0. The highest BCUT2D eigenvalue weighted by Crippen LogP contribution is 2.32. The highest BCUT2D eigenvalue weighted by atomic mass is 16.7. The van der Waals surface area contributed by atoms with Gasteiger partial charge in [0, 0.05) is 19.5 Å². The third-order valence-corrected chi connectivity index (χ3v) is 8.11. The molecular weight excluding hydrogens is 582 g/mol. The largest absolute Gasteiger partial charge is 0.484 e. The molecule has 4 atom stereocenters. The van der Waals surface area contributed by atoms with Gasteiger partial charge in [-0.15, -0.1) is 0 Å². The number of carbonyl (C=O) groups is 5. The van der Waals surface area contributed by atoms with Crippen LogP contribution in [0.1, 0.15) is 44.7 Å². The summed E-state index contributed by atoms with van der Waals surface area (Å²) in [6, 6.07) is 8.59. The van der Waals surface area contributed by atoms with Gasteiger partial charge in [-0.1, -0.05) is 32.0 Å². The molecule has 1 fully saturated rings. The molecule has 4 N–H and O–H groups in total. The SMILES string of the molecule is CC(C)[C@@H]1NC(=O)COc2ccc(cc2)C[C@@H](C(=O)NCc2ccc3c(c2)OCO3)NC(=O)[C@H](C)NC(=O)[C@H]2CCCN2C1=O. The zero-order chi connectivity index (χ0) is 32.1. The van der Waals surface area contributed by atoms with Gasteiger partial charge in [-0.3, -0.25) is 24.0 Å². The van der Waals surface area contributed by atoms with Crippen molar-refractivity contribution >= 4 is 29.5 Å². The van der Waals surface area contributed by atoms with E-state index in [9.17, 15) is 24.0 Å². The van der Waals surface area contributed by atoms with Crippen LogP contribution in [0.15, 0.2) is 42.5 Å². The Morgan fingerprint density at radius 2 is 1.71 bits per heavy atom. The first-order valence-electron chi connectivity index (χ1n) is 15.2. The predicted molar refractivity (Wildman–Crippen MR) is 161 cm³/mol. The van der Waals surface area contributed by atoms with Gasteiger partial charge in [-0.05, 0) is 61.1 Å². The Hall–Kier alpha value is -4.81. The van der Waals surface area contributed by atoms with Crippen molar-refractivity contribution in [1.82, 2.24) is 26.2 Å². The fourth-order valence-corrected chi connectivity index (χ4v) is 5.56.